The number of hydrogen-bond acceptors (Lipinski definition) is 4. The van der Waals surface area contributed by atoms with Gasteiger partial charge in [-0.3, -0.25) is 9.59 Å². The van der Waals surface area contributed by atoms with E-state index in [0.717, 1.165) is 31.0 Å². The van der Waals surface area contributed by atoms with Gasteiger partial charge in [0, 0.05) is 12.2 Å². The highest BCUT2D eigenvalue weighted by Crippen LogP contribution is 2.10. The molecule has 6 nitrogen and oxygen atoms in total. The van der Waals surface area contributed by atoms with E-state index >= 15 is 0 Å². The number of carboxylic acids is 2. The number of aliphatic carboxylic acids is 2. The van der Waals surface area contributed by atoms with Crippen LogP contribution in [0, 0.1) is 0 Å². The number of unbranched alkanes of at least 4 members (excludes halogenated alkanes) is 8. The summed E-state index contributed by atoms with van der Waals surface area (Å²) in [5.74, 6) is -2.51. The average molecular weight is 362 g/mol. The van der Waals surface area contributed by atoms with Crippen LogP contribution >= 0.6 is 11.8 Å². The Morgan fingerprint density at radius 2 is 1.46 bits per heavy atom. The van der Waals surface area contributed by atoms with Gasteiger partial charge in [-0.25, -0.2) is 4.79 Å². The minimum absolute atomic E-state index is 0.0606. The van der Waals surface area contributed by atoms with Gasteiger partial charge in [-0.15, -0.1) is 11.8 Å². The van der Waals surface area contributed by atoms with Gasteiger partial charge >= 0.3 is 11.9 Å². The molecule has 0 aliphatic heterocycles. The summed E-state index contributed by atoms with van der Waals surface area (Å²) < 4.78 is 0. The summed E-state index contributed by atoms with van der Waals surface area (Å²) in [6.07, 6.45) is 10.7. The van der Waals surface area contributed by atoms with Gasteiger partial charge < -0.3 is 15.5 Å². The molecular formula is C17H31NO5S. The Hall–Kier alpha value is -1.24. The lowest BCUT2D eigenvalue weighted by Gasteiger charge is -2.13. The average Bonchev–Trinajstić information content (AvgIpc) is 2.52. The minimum atomic E-state index is -1.13. The van der Waals surface area contributed by atoms with E-state index in [1.54, 1.807) is 0 Å². The first kappa shape index (κ1) is 22.8. The summed E-state index contributed by atoms with van der Waals surface area (Å²) >= 11 is 0.988. The molecule has 0 spiro atoms. The molecule has 0 saturated carbocycles. The predicted molar refractivity (Wildman–Crippen MR) is 96.4 cm³/mol. The van der Waals surface area contributed by atoms with E-state index in [1.165, 1.54) is 38.5 Å². The quantitative estimate of drug-likeness (QED) is 0.364. The molecule has 1 amide bonds. The molecule has 0 heterocycles. The summed E-state index contributed by atoms with van der Waals surface area (Å²) in [6.45, 7) is 2.20. The molecule has 0 aromatic carbocycles. The number of thioether (sulfide) groups is 1. The number of carboxylic acid groups (broad SMARTS) is 2. The van der Waals surface area contributed by atoms with Gasteiger partial charge in [-0.2, -0.15) is 0 Å². The first-order valence-electron chi connectivity index (χ1n) is 8.79. The van der Waals surface area contributed by atoms with E-state index in [0.29, 0.717) is 6.42 Å². The van der Waals surface area contributed by atoms with Gasteiger partial charge in [-0.1, -0.05) is 58.3 Å². The summed E-state index contributed by atoms with van der Waals surface area (Å²) in [5, 5.41) is 20.0. The fourth-order valence-corrected chi connectivity index (χ4v) is 3.06. The first-order valence-corrected chi connectivity index (χ1v) is 9.94. The Bertz CT molecular complexity index is 376. The SMILES string of the molecule is CCCCCCCCCCCC(=O)NC(CSCC(=O)O)C(=O)O. The monoisotopic (exact) mass is 361 g/mol. The van der Waals surface area contributed by atoms with E-state index in [4.69, 9.17) is 10.2 Å². The van der Waals surface area contributed by atoms with Crippen LogP contribution in [-0.4, -0.2) is 45.6 Å². The van der Waals surface area contributed by atoms with Crippen LogP contribution in [-0.2, 0) is 14.4 Å². The summed E-state index contributed by atoms with van der Waals surface area (Å²) in [6, 6.07) is -1.03. The lowest BCUT2D eigenvalue weighted by Crippen LogP contribution is -2.42. The van der Waals surface area contributed by atoms with Crippen molar-refractivity contribution in [2.45, 2.75) is 77.2 Å². The number of carbonyl (C=O) groups excluding carboxylic acids is 1. The minimum Gasteiger partial charge on any atom is -0.481 e. The first-order chi connectivity index (χ1) is 11.5. The molecule has 140 valence electrons. The summed E-state index contributed by atoms with van der Waals surface area (Å²) in [5.41, 5.74) is 0. The van der Waals surface area contributed by atoms with E-state index in [9.17, 15) is 14.4 Å². The Labute approximate surface area is 148 Å². The third-order valence-corrected chi connectivity index (χ3v) is 4.67. The molecule has 0 bridgehead atoms. The Morgan fingerprint density at radius 1 is 0.917 bits per heavy atom. The summed E-state index contributed by atoms with van der Waals surface area (Å²) in [4.78, 5) is 33.2. The fourth-order valence-electron chi connectivity index (χ4n) is 2.30. The van der Waals surface area contributed by atoms with Crippen LogP contribution in [0.1, 0.15) is 71.1 Å². The van der Waals surface area contributed by atoms with Crippen molar-refractivity contribution in [1.82, 2.24) is 5.32 Å². The second-order valence-electron chi connectivity index (χ2n) is 5.95. The van der Waals surface area contributed by atoms with E-state index in [1.807, 2.05) is 0 Å². The maximum atomic E-state index is 11.8. The predicted octanol–water partition coefficient (Wildman–Crippen LogP) is 3.29. The Kier molecular flexibility index (Phi) is 14.5. The van der Waals surface area contributed by atoms with Crippen molar-refractivity contribution in [2.24, 2.45) is 0 Å². The van der Waals surface area contributed by atoms with Crippen LogP contribution < -0.4 is 5.32 Å². The van der Waals surface area contributed by atoms with Gasteiger partial charge in [0.25, 0.3) is 0 Å². The zero-order valence-electron chi connectivity index (χ0n) is 14.6. The molecule has 24 heavy (non-hydrogen) atoms. The van der Waals surface area contributed by atoms with Crippen LogP contribution in [0.3, 0.4) is 0 Å². The molecular weight excluding hydrogens is 330 g/mol. The second-order valence-corrected chi connectivity index (χ2v) is 6.98. The zero-order chi connectivity index (χ0) is 18.2. The number of rotatable bonds is 16. The van der Waals surface area contributed by atoms with Crippen LogP contribution in [0.5, 0.6) is 0 Å². The summed E-state index contributed by atoms with van der Waals surface area (Å²) in [7, 11) is 0. The third kappa shape index (κ3) is 14.4. The molecule has 0 aromatic heterocycles. The van der Waals surface area contributed by atoms with E-state index in [2.05, 4.69) is 12.2 Å². The van der Waals surface area contributed by atoms with E-state index < -0.39 is 18.0 Å². The largest absolute Gasteiger partial charge is 0.481 e. The normalized spacial score (nSPS) is 11.9. The van der Waals surface area contributed by atoms with Crippen molar-refractivity contribution in [3.8, 4) is 0 Å². The molecule has 0 aliphatic rings. The second kappa shape index (κ2) is 15.3. The van der Waals surface area contributed by atoms with Crippen LogP contribution in [0.2, 0.25) is 0 Å². The number of amides is 1. The lowest BCUT2D eigenvalue weighted by molar-refractivity contribution is -0.141. The molecule has 1 atom stereocenters. The van der Waals surface area contributed by atoms with Gasteiger partial charge in [0.05, 0.1) is 5.75 Å². The molecule has 0 aliphatic carbocycles. The zero-order valence-corrected chi connectivity index (χ0v) is 15.4. The van der Waals surface area contributed by atoms with Crippen molar-refractivity contribution >= 4 is 29.6 Å². The van der Waals surface area contributed by atoms with Gasteiger partial charge in [-0.05, 0) is 6.42 Å². The number of hydrogen-bond donors (Lipinski definition) is 3. The fraction of sp³-hybridized carbons (Fsp3) is 0.824. The molecule has 0 aromatic rings. The molecule has 0 radical (unpaired) electrons. The standard InChI is InChI=1S/C17H31NO5S/c1-2-3-4-5-6-7-8-9-10-11-15(19)18-14(17(22)23)12-24-13-16(20)21/h14H,2-13H2,1H3,(H,18,19)(H,20,21)(H,22,23). The molecule has 0 fully saturated rings. The van der Waals surface area contributed by atoms with Crippen LogP contribution in [0.15, 0.2) is 0 Å². The lowest BCUT2D eigenvalue weighted by atomic mass is 10.1. The molecule has 3 N–H and O–H groups in total. The highest BCUT2D eigenvalue weighted by atomic mass is 32.2. The Balaban J connectivity index is 3.70. The molecule has 7 heteroatoms. The van der Waals surface area contributed by atoms with Gasteiger partial charge in [0.2, 0.25) is 5.91 Å². The van der Waals surface area contributed by atoms with E-state index in [-0.39, 0.29) is 17.4 Å². The Morgan fingerprint density at radius 3 is 1.96 bits per heavy atom. The maximum Gasteiger partial charge on any atom is 0.327 e. The van der Waals surface area contributed by atoms with Crippen molar-refractivity contribution < 1.29 is 24.6 Å². The number of carbonyl (C=O) groups is 3. The van der Waals surface area contributed by atoms with Crippen LogP contribution in [0.4, 0.5) is 0 Å². The topological polar surface area (TPSA) is 104 Å². The molecule has 1 unspecified atom stereocenters. The smallest absolute Gasteiger partial charge is 0.327 e. The highest BCUT2D eigenvalue weighted by Gasteiger charge is 2.19. The van der Waals surface area contributed by atoms with Gasteiger partial charge in [0.15, 0.2) is 0 Å². The molecule has 0 rings (SSSR count). The molecule has 0 saturated heterocycles. The highest BCUT2D eigenvalue weighted by molar-refractivity contribution is 8.00. The number of nitrogens with one attached hydrogen (secondary N) is 1. The third-order valence-electron chi connectivity index (χ3n) is 3.65. The van der Waals surface area contributed by atoms with Crippen molar-refractivity contribution in [3.63, 3.8) is 0 Å². The van der Waals surface area contributed by atoms with Crippen molar-refractivity contribution in [3.05, 3.63) is 0 Å². The van der Waals surface area contributed by atoms with Crippen molar-refractivity contribution in [1.29, 1.82) is 0 Å². The van der Waals surface area contributed by atoms with Crippen LogP contribution in [0.25, 0.3) is 0 Å². The van der Waals surface area contributed by atoms with Crippen molar-refractivity contribution in [2.75, 3.05) is 11.5 Å². The van der Waals surface area contributed by atoms with Gasteiger partial charge in [0.1, 0.15) is 6.04 Å². The maximum absolute atomic E-state index is 11.8.